The van der Waals surface area contributed by atoms with Crippen molar-refractivity contribution in [3.63, 3.8) is 0 Å². The van der Waals surface area contributed by atoms with Crippen molar-refractivity contribution >= 4 is 23.2 Å². The van der Waals surface area contributed by atoms with E-state index in [1.54, 1.807) is 19.7 Å². The zero-order valence-corrected chi connectivity index (χ0v) is 18.6. The van der Waals surface area contributed by atoms with E-state index in [0.717, 1.165) is 35.7 Å². The van der Waals surface area contributed by atoms with Crippen molar-refractivity contribution in [2.24, 2.45) is 0 Å². The number of carbonyl (C=O) groups excluding carboxylic acids is 2. The minimum Gasteiger partial charge on any atom is -0.497 e. The number of aromatic amines is 1. The van der Waals surface area contributed by atoms with Gasteiger partial charge in [-0.25, -0.2) is 9.97 Å². The second-order valence-electron chi connectivity index (χ2n) is 7.49. The molecule has 2 amide bonds. The molecule has 0 aliphatic carbocycles. The van der Waals surface area contributed by atoms with Gasteiger partial charge >= 0.3 is 0 Å². The average Bonchev–Trinajstić information content (AvgIpc) is 3.45. The number of rotatable bonds is 5. The predicted octanol–water partition coefficient (Wildman–Crippen LogP) is 3.23. The molecule has 1 aliphatic heterocycles. The molecule has 1 aromatic carbocycles. The minimum atomic E-state index is -0.210. The maximum absolute atomic E-state index is 12.8. The lowest BCUT2D eigenvalue weighted by molar-refractivity contribution is 0.0715. The van der Waals surface area contributed by atoms with Crippen molar-refractivity contribution < 1.29 is 14.3 Å². The molecule has 0 spiro atoms. The van der Waals surface area contributed by atoms with Gasteiger partial charge in [-0.1, -0.05) is 0 Å². The van der Waals surface area contributed by atoms with Crippen LogP contribution in [0.3, 0.4) is 0 Å². The third kappa shape index (κ3) is 4.18. The maximum Gasteiger partial charge on any atom is 0.269 e. The fourth-order valence-corrected chi connectivity index (χ4v) is 4.61. The van der Waals surface area contributed by atoms with Crippen LogP contribution in [0.4, 0.5) is 0 Å². The Hall–Kier alpha value is -3.20. The SMILES string of the molecule is CNC(=O)c1[nH]c(C2CCN(C(=O)c3scnc3C)CC2)nc1-c1ccc(OC)cc1. The quantitative estimate of drug-likeness (QED) is 0.636. The van der Waals surface area contributed by atoms with E-state index in [0.29, 0.717) is 29.4 Å². The fourth-order valence-electron chi connectivity index (χ4n) is 3.84. The van der Waals surface area contributed by atoms with Crippen LogP contribution in [0.1, 0.15) is 50.4 Å². The zero-order chi connectivity index (χ0) is 22.0. The molecule has 162 valence electrons. The summed E-state index contributed by atoms with van der Waals surface area (Å²) in [7, 11) is 3.22. The Morgan fingerprint density at radius 2 is 1.94 bits per heavy atom. The molecule has 0 radical (unpaired) electrons. The third-order valence-electron chi connectivity index (χ3n) is 5.65. The van der Waals surface area contributed by atoms with Crippen molar-refractivity contribution in [2.45, 2.75) is 25.7 Å². The van der Waals surface area contributed by atoms with Crippen molar-refractivity contribution in [3.05, 3.63) is 51.9 Å². The number of likely N-dealkylation sites (tertiary alicyclic amines) is 1. The normalized spacial score (nSPS) is 14.5. The van der Waals surface area contributed by atoms with Gasteiger partial charge in [-0.2, -0.15) is 0 Å². The van der Waals surface area contributed by atoms with Crippen LogP contribution in [0.25, 0.3) is 11.3 Å². The Labute approximate surface area is 184 Å². The molecule has 0 bridgehead atoms. The van der Waals surface area contributed by atoms with E-state index in [-0.39, 0.29) is 17.7 Å². The third-order valence-corrected chi connectivity index (χ3v) is 6.56. The summed E-state index contributed by atoms with van der Waals surface area (Å²) in [5, 5.41) is 2.68. The van der Waals surface area contributed by atoms with Crippen LogP contribution in [0.2, 0.25) is 0 Å². The first-order valence-electron chi connectivity index (χ1n) is 10.2. The number of aromatic nitrogens is 3. The van der Waals surface area contributed by atoms with Crippen molar-refractivity contribution in [1.29, 1.82) is 0 Å². The molecule has 31 heavy (non-hydrogen) atoms. The summed E-state index contributed by atoms with van der Waals surface area (Å²) in [6, 6.07) is 7.49. The summed E-state index contributed by atoms with van der Waals surface area (Å²) in [6.45, 7) is 3.16. The number of hydrogen-bond acceptors (Lipinski definition) is 6. The van der Waals surface area contributed by atoms with Gasteiger partial charge < -0.3 is 19.9 Å². The van der Waals surface area contributed by atoms with Gasteiger partial charge in [0.25, 0.3) is 11.8 Å². The second kappa shape index (κ2) is 8.89. The number of methoxy groups -OCH3 is 1. The molecule has 0 saturated carbocycles. The van der Waals surface area contributed by atoms with Crippen LogP contribution < -0.4 is 10.1 Å². The molecule has 3 heterocycles. The van der Waals surface area contributed by atoms with Gasteiger partial charge in [-0.15, -0.1) is 11.3 Å². The maximum atomic E-state index is 12.8. The smallest absolute Gasteiger partial charge is 0.269 e. The summed E-state index contributed by atoms with van der Waals surface area (Å²) in [5.74, 6) is 1.52. The van der Waals surface area contributed by atoms with Gasteiger partial charge in [-0.05, 0) is 44.0 Å². The van der Waals surface area contributed by atoms with E-state index >= 15 is 0 Å². The molecular weight excluding hydrogens is 414 g/mol. The predicted molar refractivity (Wildman–Crippen MR) is 119 cm³/mol. The number of aryl methyl sites for hydroxylation is 1. The van der Waals surface area contributed by atoms with Gasteiger partial charge in [0.05, 0.1) is 18.3 Å². The van der Waals surface area contributed by atoms with E-state index in [4.69, 9.17) is 9.72 Å². The van der Waals surface area contributed by atoms with Crippen LogP contribution >= 0.6 is 11.3 Å². The zero-order valence-electron chi connectivity index (χ0n) is 17.8. The molecule has 0 atom stereocenters. The number of carbonyl (C=O) groups is 2. The largest absolute Gasteiger partial charge is 0.497 e. The highest BCUT2D eigenvalue weighted by atomic mass is 32.1. The van der Waals surface area contributed by atoms with Crippen LogP contribution in [-0.4, -0.2) is 58.9 Å². The van der Waals surface area contributed by atoms with Crippen LogP contribution in [0, 0.1) is 6.92 Å². The van der Waals surface area contributed by atoms with Crippen molar-refractivity contribution in [2.75, 3.05) is 27.2 Å². The summed E-state index contributed by atoms with van der Waals surface area (Å²) in [4.78, 5) is 40.0. The average molecular weight is 440 g/mol. The molecular formula is C22H25N5O3S. The molecule has 0 unspecified atom stereocenters. The lowest BCUT2D eigenvalue weighted by Gasteiger charge is -2.31. The number of imidazole rings is 1. The molecule has 1 saturated heterocycles. The number of amides is 2. The second-order valence-corrected chi connectivity index (χ2v) is 8.34. The molecule has 9 heteroatoms. The van der Waals surface area contributed by atoms with Gasteiger partial charge in [0.2, 0.25) is 0 Å². The number of H-pyrrole nitrogens is 1. The van der Waals surface area contributed by atoms with Gasteiger partial charge in [0, 0.05) is 31.6 Å². The van der Waals surface area contributed by atoms with Gasteiger partial charge in [-0.3, -0.25) is 9.59 Å². The number of ether oxygens (including phenoxy) is 1. The molecule has 3 aromatic rings. The van der Waals surface area contributed by atoms with E-state index in [9.17, 15) is 9.59 Å². The Balaban J connectivity index is 1.53. The first-order valence-corrected chi connectivity index (χ1v) is 11.1. The first kappa shape index (κ1) is 21.0. The summed E-state index contributed by atoms with van der Waals surface area (Å²) in [5.41, 5.74) is 4.40. The molecule has 1 aliphatic rings. The standard InChI is InChI=1S/C22H25N5O3S/c1-13-19(31-12-24-13)22(29)27-10-8-15(9-11-27)20-25-17(18(26-20)21(28)23-2)14-4-6-16(30-3)7-5-14/h4-7,12,15H,8-11H2,1-3H3,(H,23,28)(H,25,26). The van der Waals surface area contributed by atoms with Gasteiger partial charge in [0.1, 0.15) is 27.8 Å². The van der Waals surface area contributed by atoms with Crippen molar-refractivity contribution in [3.8, 4) is 17.0 Å². The van der Waals surface area contributed by atoms with E-state index in [1.165, 1.54) is 11.3 Å². The minimum absolute atomic E-state index is 0.0443. The van der Waals surface area contributed by atoms with E-state index < -0.39 is 0 Å². The van der Waals surface area contributed by atoms with E-state index in [2.05, 4.69) is 15.3 Å². The first-order chi connectivity index (χ1) is 15.0. The summed E-state index contributed by atoms with van der Waals surface area (Å²) < 4.78 is 5.22. The van der Waals surface area contributed by atoms with Crippen LogP contribution in [-0.2, 0) is 0 Å². The number of piperidine rings is 1. The lowest BCUT2D eigenvalue weighted by atomic mass is 9.96. The van der Waals surface area contributed by atoms with Crippen LogP contribution in [0.5, 0.6) is 5.75 Å². The summed E-state index contributed by atoms with van der Waals surface area (Å²) >= 11 is 1.39. The monoisotopic (exact) mass is 439 g/mol. The molecule has 8 nitrogen and oxygen atoms in total. The topological polar surface area (TPSA) is 100 Å². The number of nitrogens with one attached hydrogen (secondary N) is 2. The fraction of sp³-hybridized carbons (Fsp3) is 0.364. The Bertz CT molecular complexity index is 1080. The van der Waals surface area contributed by atoms with E-state index in [1.807, 2.05) is 36.1 Å². The Kier molecular flexibility index (Phi) is 6.03. The van der Waals surface area contributed by atoms with Crippen LogP contribution in [0.15, 0.2) is 29.8 Å². The molecule has 2 N–H and O–H groups in total. The molecule has 1 fully saturated rings. The highest BCUT2D eigenvalue weighted by molar-refractivity contribution is 7.11. The lowest BCUT2D eigenvalue weighted by Crippen LogP contribution is -2.38. The van der Waals surface area contributed by atoms with Crippen molar-refractivity contribution in [1.82, 2.24) is 25.2 Å². The Morgan fingerprint density at radius 1 is 1.23 bits per heavy atom. The number of nitrogens with zero attached hydrogens (tertiary/aromatic N) is 3. The highest BCUT2D eigenvalue weighted by Crippen LogP contribution is 2.31. The number of thiazole rings is 1. The summed E-state index contributed by atoms with van der Waals surface area (Å²) in [6.07, 6.45) is 1.57. The number of hydrogen-bond donors (Lipinski definition) is 2. The number of benzene rings is 1. The van der Waals surface area contributed by atoms with Gasteiger partial charge in [0.15, 0.2) is 0 Å². The molecule has 2 aromatic heterocycles. The molecule has 4 rings (SSSR count). The Morgan fingerprint density at radius 3 is 2.52 bits per heavy atom. The highest BCUT2D eigenvalue weighted by Gasteiger charge is 2.29.